The molecule has 142 valence electrons. The van der Waals surface area contributed by atoms with Gasteiger partial charge in [-0.3, -0.25) is 4.79 Å². The predicted molar refractivity (Wildman–Crippen MR) is 112 cm³/mol. The van der Waals surface area contributed by atoms with E-state index in [1.165, 1.54) is 5.69 Å². The molecule has 1 N–H and O–H groups in total. The Morgan fingerprint density at radius 3 is 2.11 bits per heavy atom. The summed E-state index contributed by atoms with van der Waals surface area (Å²) in [6.45, 7) is 3.49. The van der Waals surface area contributed by atoms with Crippen LogP contribution >= 0.6 is 11.6 Å². The smallest absolute Gasteiger partial charge is 0.258 e. The SMILES string of the molecule is O=C(Nc1ccc(Cl)cc1)c1cnc(N2CCN(c3ccccc3)CC2)nc1. The summed E-state index contributed by atoms with van der Waals surface area (Å²) < 4.78 is 0. The van der Waals surface area contributed by atoms with E-state index in [0.717, 1.165) is 26.2 Å². The van der Waals surface area contributed by atoms with Gasteiger partial charge in [0.1, 0.15) is 0 Å². The molecule has 0 bridgehead atoms. The highest BCUT2D eigenvalue weighted by Gasteiger charge is 2.19. The zero-order valence-electron chi connectivity index (χ0n) is 15.3. The molecule has 2 heterocycles. The van der Waals surface area contributed by atoms with Crippen molar-refractivity contribution in [3.05, 3.63) is 77.6 Å². The Kier molecular flexibility index (Phi) is 5.39. The number of halogens is 1. The molecule has 0 unspecified atom stereocenters. The number of nitrogens with zero attached hydrogens (tertiary/aromatic N) is 4. The van der Waals surface area contributed by atoms with Crippen molar-refractivity contribution in [1.29, 1.82) is 0 Å². The molecule has 7 heteroatoms. The number of amides is 1. The zero-order chi connectivity index (χ0) is 19.3. The number of aromatic nitrogens is 2. The van der Waals surface area contributed by atoms with E-state index >= 15 is 0 Å². The van der Waals surface area contributed by atoms with Crippen LogP contribution < -0.4 is 15.1 Å². The van der Waals surface area contributed by atoms with Gasteiger partial charge in [-0.15, -0.1) is 0 Å². The van der Waals surface area contributed by atoms with Gasteiger partial charge in [-0.1, -0.05) is 29.8 Å². The fourth-order valence-corrected chi connectivity index (χ4v) is 3.27. The number of benzene rings is 2. The van der Waals surface area contributed by atoms with Crippen molar-refractivity contribution in [3.63, 3.8) is 0 Å². The highest BCUT2D eigenvalue weighted by molar-refractivity contribution is 6.30. The van der Waals surface area contributed by atoms with E-state index in [1.807, 2.05) is 6.07 Å². The average molecular weight is 394 g/mol. The third kappa shape index (κ3) is 4.23. The van der Waals surface area contributed by atoms with Gasteiger partial charge >= 0.3 is 0 Å². The third-order valence-electron chi connectivity index (χ3n) is 4.69. The van der Waals surface area contributed by atoms with E-state index in [0.29, 0.717) is 22.2 Å². The second-order valence-corrected chi connectivity index (χ2v) is 6.98. The van der Waals surface area contributed by atoms with Crippen LogP contribution in [0, 0.1) is 0 Å². The summed E-state index contributed by atoms with van der Waals surface area (Å²) >= 11 is 5.86. The molecular formula is C21H20ClN5O. The van der Waals surface area contributed by atoms with Crippen LogP contribution in [0.15, 0.2) is 67.0 Å². The van der Waals surface area contributed by atoms with Gasteiger partial charge < -0.3 is 15.1 Å². The Labute approximate surface area is 168 Å². The highest BCUT2D eigenvalue weighted by Crippen LogP contribution is 2.18. The number of nitrogens with one attached hydrogen (secondary N) is 1. The monoisotopic (exact) mass is 393 g/mol. The predicted octanol–water partition coefficient (Wildman–Crippen LogP) is 3.71. The molecule has 0 aliphatic carbocycles. The first-order valence-electron chi connectivity index (χ1n) is 9.13. The zero-order valence-corrected chi connectivity index (χ0v) is 16.0. The van der Waals surface area contributed by atoms with Gasteiger partial charge in [0.05, 0.1) is 5.56 Å². The number of para-hydroxylation sites is 1. The molecule has 0 spiro atoms. The first-order chi connectivity index (χ1) is 13.7. The summed E-state index contributed by atoms with van der Waals surface area (Å²) in [6.07, 6.45) is 3.13. The maximum Gasteiger partial charge on any atom is 0.258 e. The lowest BCUT2D eigenvalue weighted by Crippen LogP contribution is -2.47. The van der Waals surface area contributed by atoms with Crippen molar-refractivity contribution in [2.24, 2.45) is 0 Å². The van der Waals surface area contributed by atoms with E-state index in [4.69, 9.17) is 11.6 Å². The minimum absolute atomic E-state index is 0.247. The number of rotatable bonds is 4. The van der Waals surface area contributed by atoms with Crippen molar-refractivity contribution < 1.29 is 4.79 Å². The van der Waals surface area contributed by atoms with Gasteiger partial charge in [0.25, 0.3) is 5.91 Å². The van der Waals surface area contributed by atoms with Crippen molar-refractivity contribution >= 4 is 34.8 Å². The van der Waals surface area contributed by atoms with Crippen molar-refractivity contribution in [2.75, 3.05) is 41.3 Å². The van der Waals surface area contributed by atoms with Crippen LogP contribution in [0.4, 0.5) is 17.3 Å². The van der Waals surface area contributed by atoms with Crippen molar-refractivity contribution in [1.82, 2.24) is 9.97 Å². The second-order valence-electron chi connectivity index (χ2n) is 6.54. The van der Waals surface area contributed by atoms with E-state index in [1.54, 1.807) is 36.7 Å². The quantitative estimate of drug-likeness (QED) is 0.732. The Morgan fingerprint density at radius 1 is 0.857 bits per heavy atom. The van der Waals surface area contributed by atoms with Crippen LogP contribution in [0.2, 0.25) is 5.02 Å². The van der Waals surface area contributed by atoms with E-state index in [9.17, 15) is 4.79 Å². The van der Waals surface area contributed by atoms with Crippen LogP contribution in [0.25, 0.3) is 0 Å². The Balaban J connectivity index is 1.36. The van der Waals surface area contributed by atoms with Gasteiger partial charge in [-0.2, -0.15) is 0 Å². The van der Waals surface area contributed by atoms with Gasteiger partial charge in [-0.05, 0) is 36.4 Å². The number of hydrogen-bond donors (Lipinski definition) is 1. The largest absolute Gasteiger partial charge is 0.368 e. The normalized spacial score (nSPS) is 14.0. The fraction of sp³-hybridized carbons (Fsp3) is 0.190. The molecule has 1 aromatic heterocycles. The standard InChI is InChI=1S/C21H20ClN5O/c22-17-6-8-18(9-7-17)25-20(28)16-14-23-21(24-15-16)27-12-10-26(11-13-27)19-4-2-1-3-5-19/h1-9,14-15H,10-13H2,(H,25,28). The lowest BCUT2D eigenvalue weighted by molar-refractivity contribution is 0.102. The van der Waals surface area contributed by atoms with Crippen LogP contribution in [0.3, 0.4) is 0 Å². The molecule has 1 aliphatic rings. The molecule has 1 amide bonds. The second kappa shape index (κ2) is 8.27. The minimum atomic E-state index is -0.247. The molecule has 1 saturated heterocycles. The number of hydrogen-bond acceptors (Lipinski definition) is 5. The first kappa shape index (κ1) is 18.3. The van der Waals surface area contributed by atoms with Gasteiger partial charge in [0, 0.05) is 55.0 Å². The molecule has 6 nitrogen and oxygen atoms in total. The molecule has 0 saturated carbocycles. The Hall–Kier alpha value is -3.12. The first-order valence-corrected chi connectivity index (χ1v) is 9.51. The topological polar surface area (TPSA) is 61.4 Å². The Bertz CT molecular complexity index is 923. The van der Waals surface area contributed by atoms with Crippen LogP contribution in [-0.4, -0.2) is 42.1 Å². The van der Waals surface area contributed by atoms with Crippen molar-refractivity contribution in [2.45, 2.75) is 0 Å². The summed E-state index contributed by atoms with van der Waals surface area (Å²) in [5.74, 6) is 0.401. The van der Waals surface area contributed by atoms with Crippen LogP contribution in [0.5, 0.6) is 0 Å². The molecule has 0 atom stereocenters. The molecular weight excluding hydrogens is 374 g/mol. The molecule has 2 aromatic carbocycles. The van der Waals surface area contributed by atoms with Gasteiger partial charge in [0.15, 0.2) is 0 Å². The number of carbonyl (C=O) groups is 1. The van der Waals surface area contributed by atoms with E-state index < -0.39 is 0 Å². The van der Waals surface area contributed by atoms with Crippen LogP contribution in [-0.2, 0) is 0 Å². The molecule has 3 aromatic rings. The maximum atomic E-state index is 12.3. The third-order valence-corrected chi connectivity index (χ3v) is 4.94. The van der Waals surface area contributed by atoms with Crippen LogP contribution in [0.1, 0.15) is 10.4 Å². The summed E-state index contributed by atoms with van der Waals surface area (Å²) in [4.78, 5) is 25.6. The lowest BCUT2D eigenvalue weighted by atomic mass is 10.2. The minimum Gasteiger partial charge on any atom is -0.368 e. The molecule has 4 rings (SSSR count). The fourth-order valence-electron chi connectivity index (χ4n) is 3.14. The van der Waals surface area contributed by atoms with Gasteiger partial charge in [0.2, 0.25) is 5.95 Å². The number of anilines is 3. The lowest BCUT2D eigenvalue weighted by Gasteiger charge is -2.36. The Morgan fingerprint density at radius 2 is 1.46 bits per heavy atom. The highest BCUT2D eigenvalue weighted by atomic mass is 35.5. The molecule has 1 aliphatic heterocycles. The summed E-state index contributed by atoms with van der Waals surface area (Å²) in [6, 6.07) is 17.3. The van der Waals surface area contributed by atoms with Crippen molar-refractivity contribution in [3.8, 4) is 0 Å². The maximum absolute atomic E-state index is 12.3. The van der Waals surface area contributed by atoms with E-state index in [2.05, 4.69) is 49.4 Å². The van der Waals surface area contributed by atoms with Gasteiger partial charge in [-0.25, -0.2) is 9.97 Å². The average Bonchev–Trinajstić information content (AvgIpc) is 2.76. The molecule has 0 radical (unpaired) electrons. The summed E-state index contributed by atoms with van der Waals surface area (Å²) in [7, 11) is 0. The molecule has 1 fully saturated rings. The summed E-state index contributed by atoms with van der Waals surface area (Å²) in [5, 5.41) is 3.43. The molecule has 28 heavy (non-hydrogen) atoms. The summed E-state index contributed by atoms with van der Waals surface area (Å²) in [5.41, 5.74) is 2.33. The number of carbonyl (C=O) groups excluding carboxylic acids is 1. The number of piperazine rings is 1. The van der Waals surface area contributed by atoms with E-state index in [-0.39, 0.29) is 5.91 Å².